The summed E-state index contributed by atoms with van der Waals surface area (Å²) >= 11 is 0. The summed E-state index contributed by atoms with van der Waals surface area (Å²) in [6, 6.07) is 8.31. The zero-order valence-electron chi connectivity index (χ0n) is 12.0. The van der Waals surface area contributed by atoms with Gasteiger partial charge in [-0.25, -0.2) is 0 Å². The molecule has 1 aromatic rings. The predicted octanol–water partition coefficient (Wildman–Crippen LogP) is 3.04. The van der Waals surface area contributed by atoms with Gasteiger partial charge in [-0.15, -0.1) is 0 Å². The summed E-state index contributed by atoms with van der Waals surface area (Å²) in [5.74, 6) is 0.870. The van der Waals surface area contributed by atoms with Gasteiger partial charge in [0.15, 0.2) is 0 Å². The van der Waals surface area contributed by atoms with Gasteiger partial charge >= 0.3 is 0 Å². The Balaban J connectivity index is 2.06. The molecule has 0 amide bonds. The van der Waals surface area contributed by atoms with Crippen LogP contribution in [0.25, 0.3) is 0 Å². The van der Waals surface area contributed by atoms with E-state index in [1.807, 2.05) is 19.2 Å². The number of methoxy groups -OCH3 is 1. The average molecular weight is 263 g/mol. The van der Waals surface area contributed by atoms with E-state index in [0.717, 1.165) is 37.9 Å². The first kappa shape index (κ1) is 14.4. The number of ether oxygens (including phenoxy) is 1. The van der Waals surface area contributed by atoms with Crippen LogP contribution in [-0.4, -0.2) is 24.9 Å². The van der Waals surface area contributed by atoms with Crippen molar-refractivity contribution in [3.8, 4) is 5.75 Å². The molecular formula is C16H25NO2. The molecule has 0 saturated heterocycles. The van der Waals surface area contributed by atoms with Gasteiger partial charge in [-0.05, 0) is 44.0 Å². The molecule has 2 rings (SSSR count). The van der Waals surface area contributed by atoms with Gasteiger partial charge in [0.1, 0.15) is 5.75 Å². The monoisotopic (exact) mass is 263 g/mol. The lowest BCUT2D eigenvalue weighted by atomic mass is 9.79. The van der Waals surface area contributed by atoms with Gasteiger partial charge in [0.2, 0.25) is 0 Å². The summed E-state index contributed by atoms with van der Waals surface area (Å²) in [4.78, 5) is 0. The second-order valence-corrected chi connectivity index (χ2v) is 5.60. The molecule has 0 unspecified atom stereocenters. The van der Waals surface area contributed by atoms with Crippen LogP contribution in [0.15, 0.2) is 24.3 Å². The smallest absolute Gasteiger partial charge is 0.118 e. The third-order valence-corrected chi connectivity index (χ3v) is 4.23. The van der Waals surface area contributed by atoms with Crippen LogP contribution in [0.5, 0.6) is 5.75 Å². The van der Waals surface area contributed by atoms with Crippen molar-refractivity contribution in [3.05, 3.63) is 29.8 Å². The van der Waals surface area contributed by atoms with E-state index in [2.05, 4.69) is 17.4 Å². The number of benzene rings is 1. The van der Waals surface area contributed by atoms with Crippen LogP contribution in [0.2, 0.25) is 0 Å². The summed E-state index contributed by atoms with van der Waals surface area (Å²) in [5, 5.41) is 14.0. The van der Waals surface area contributed by atoms with Gasteiger partial charge in [-0.1, -0.05) is 31.4 Å². The Morgan fingerprint density at radius 3 is 2.37 bits per heavy atom. The standard InChI is InChI=1S/C16H25NO2/c1-17-15(12-16(18)10-4-3-5-11-16)13-6-8-14(19-2)9-7-13/h6-9,15,17-18H,3-5,10-12H2,1-2H3/t15-/m0/s1. The minimum atomic E-state index is -0.494. The molecule has 0 aromatic heterocycles. The van der Waals surface area contributed by atoms with Gasteiger partial charge in [-0.3, -0.25) is 0 Å². The SMILES string of the molecule is CN[C@@H](CC1(O)CCCCC1)c1ccc(OC)cc1. The molecule has 0 spiro atoms. The van der Waals surface area contributed by atoms with Crippen LogP contribution in [0.3, 0.4) is 0 Å². The van der Waals surface area contributed by atoms with Crippen molar-refractivity contribution in [1.29, 1.82) is 0 Å². The summed E-state index contributed by atoms with van der Waals surface area (Å²) in [7, 11) is 3.64. The Morgan fingerprint density at radius 2 is 1.84 bits per heavy atom. The molecule has 0 heterocycles. The van der Waals surface area contributed by atoms with Crippen molar-refractivity contribution in [3.63, 3.8) is 0 Å². The van der Waals surface area contributed by atoms with Crippen molar-refractivity contribution >= 4 is 0 Å². The number of hydrogen-bond donors (Lipinski definition) is 2. The van der Waals surface area contributed by atoms with Crippen LogP contribution in [0, 0.1) is 0 Å². The Hall–Kier alpha value is -1.06. The molecule has 3 nitrogen and oxygen atoms in total. The third kappa shape index (κ3) is 3.71. The summed E-state index contributed by atoms with van der Waals surface area (Å²) in [6.07, 6.45) is 6.21. The lowest BCUT2D eigenvalue weighted by molar-refractivity contribution is -0.0120. The second-order valence-electron chi connectivity index (χ2n) is 5.60. The lowest BCUT2D eigenvalue weighted by Gasteiger charge is -2.35. The topological polar surface area (TPSA) is 41.5 Å². The summed E-state index contributed by atoms with van der Waals surface area (Å²) in [5.41, 5.74) is 0.716. The quantitative estimate of drug-likeness (QED) is 0.858. The van der Waals surface area contributed by atoms with Gasteiger partial charge < -0.3 is 15.2 Å². The first-order valence-corrected chi connectivity index (χ1v) is 7.20. The maximum absolute atomic E-state index is 10.7. The van der Waals surface area contributed by atoms with Gasteiger partial charge in [0, 0.05) is 6.04 Å². The number of aliphatic hydroxyl groups is 1. The maximum atomic E-state index is 10.7. The van der Waals surface area contributed by atoms with Crippen molar-refractivity contribution in [2.24, 2.45) is 0 Å². The normalized spacial score (nSPS) is 19.9. The first-order valence-electron chi connectivity index (χ1n) is 7.20. The van der Waals surface area contributed by atoms with E-state index < -0.39 is 5.60 Å². The molecule has 0 radical (unpaired) electrons. The molecular weight excluding hydrogens is 238 g/mol. The molecule has 1 saturated carbocycles. The van der Waals surface area contributed by atoms with Gasteiger partial charge in [-0.2, -0.15) is 0 Å². The largest absolute Gasteiger partial charge is 0.497 e. The first-order chi connectivity index (χ1) is 9.17. The Bertz CT molecular complexity index is 382. The van der Waals surface area contributed by atoms with E-state index in [0.29, 0.717) is 0 Å². The molecule has 3 heteroatoms. The van der Waals surface area contributed by atoms with Crippen LogP contribution in [0.4, 0.5) is 0 Å². The molecule has 1 atom stereocenters. The second kappa shape index (κ2) is 6.40. The van der Waals surface area contributed by atoms with Gasteiger partial charge in [0.25, 0.3) is 0 Å². The lowest BCUT2D eigenvalue weighted by Crippen LogP contribution is -2.36. The van der Waals surface area contributed by atoms with Crippen LogP contribution in [0.1, 0.15) is 50.1 Å². The zero-order chi connectivity index (χ0) is 13.7. The minimum absolute atomic E-state index is 0.203. The Labute approximate surface area is 116 Å². The molecule has 1 aliphatic rings. The van der Waals surface area contributed by atoms with Crippen LogP contribution < -0.4 is 10.1 Å². The molecule has 19 heavy (non-hydrogen) atoms. The van der Waals surface area contributed by atoms with Crippen molar-refractivity contribution in [2.45, 2.75) is 50.2 Å². The average Bonchev–Trinajstić information content (AvgIpc) is 2.46. The van der Waals surface area contributed by atoms with Gasteiger partial charge in [0.05, 0.1) is 12.7 Å². The fourth-order valence-corrected chi connectivity index (χ4v) is 3.02. The molecule has 1 fully saturated rings. The molecule has 0 aliphatic heterocycles. The fourth-order valence-electron chi connectivity index (χ4n) is 3.02. The molecule has 2 N–H and O–H groups in total. The number of nitrogens with one attached hydrogen (secondary N) is 1. The fraction of sp³-hybridized carbons (Fsp3) is 0.625. The van der Waals surface area contributed by atoms with E-state index in [1.165, 1.54) is 12.0 Å². The van der Waals surface area contributed by atoms with E-state index in [1.54, 1.807) is 7.11 Å². The molecule has 0 bridgehead atoms. The number of rotatable bonds is 5. The molecule has 1 aliphatic carbocycles. The molecule has 1 aromatic carbocycles. The predicted molar refractivity (Wildman–Crippen MR) is 77.4 cm³/mol. The number of hydrogen-bond acceptors (Lipinski definition) is 3. The highest BCUT2D eigenvalue weighted by atomic mass is 16.5. The van der Waals surface area contributed by atoms with E-state index in [9.17, 15) is 5.11 Å². The highest BCUT2D eigenvalue weighted by molar-refractivity contribution is 5.29. The molecule has 106 valence electrons. The minimum Gasteiger partial charge on any atom is -0.497 e. The Kier molecular flexibility index (Phi) is 4.83. The third-order valence-electron chi connectivity index (χ3n) is 4.23. The highest BCUT2D eigenvalue weighted by Gasteiger charge is 2.32. The van der Waals surface area contributed by atoms with E-state index in [4.69, 9.17) is 4.74 Å². The highest BCUT2D eigenvalue weighted by Crippen LogP contribution is 2.35. The van der Waals surface area contributed by atoms with E-state index >= 15 is 0 Å². The maximum Gasteiger partial charge on any atom is 0.118 e. The zero-order valence-corrected chi connectivity index (χ0v) is 12.0. The van der Waals surface area contributed by atoms with Crippen LogP contribution >= 0.6 is 0 Å². The van der Waals surface area contributed by atoms with E-state index in [-0.39, 0.29) is 6.04 Å². The van der Waals surface area contributed by atoms with Crippen molar-refractivity contribution < 1.29 is 9.84 Å². The summed E-state index contributed by atoms with van der Waals surface area (Å²) < 4.78 is 5.18. The van der Waals surface area contributed by atoms with Crippen molar-refractivity contribution in [1.82, 2.24) is 5.32 Å². The Morgan fingerprint density at radius 1 is 1.21 bits per heavy atom. The van der Waals surface area contributed by atoms with Crippen LogP contribution in [-0.2, 0) is 0 Å². The van der Waals surface area contributed by atoms with Crippen molar-refractivity contribution in [2.75, 3.05) is 14.2 Å². The summed E-state index contributed by atoms with van der Waals surface area (Å²) in [6.45, 7) is 0.